The molecule has 1 saturated carbocycles. The molecule has 0 spiro atoms. The third kappa shape index (κ3) is 1.71. The number of carbonyl (C=O) groups is 2. The van der Waals surface area contributed by atoms with E-state index in [1.54, 1.807) is 0 Å². The molecule has 2 amide bonds. The number of fused-ring (bicyclic) bond motifs is 1. The normalized spacial score (nSPS) is 30.9. The molecule has 1 saturated heterocycles. The van der Waals surface area contributed by atoms with Crippen LogP contribution in [0.15, 0.2) is 12.7 Å². The number of hydrogen-bond donors (Lipinski definition) is 0. The number of imide groups is 1. The molecule has 0 bridgehead atoms. The zero-order valence-electron chi connectivity index (χ0n) is 8.95. The van der Waals surface area contributed by atoms with E-state index in [0.717, 1.165) is 25.7 Å². The second-order valence-corrected chi connectivity index (χ2v) is 4.42. The topological polar surface area (TPSA) is 37.4 Å². The molecule has 3 nitrogen and oxygen atoms in total. The molecular formula is C12H17NO2. The molecular weight excluding hydrogens is 190 g/mol. The van der Waals surface area contributed by atoms with Crippen molar-refractivity contribution in [2.24, 2.45) is 5.92 Å². The summed E-state index contributed by atoms with van der Waals surface area (Å²) in [5.41, 5.74) is 0. The molecule has 82 valence electrons. The molecule has 15 heavy (non-hydrogen) atoms. The molecule has 2 unspecified atom stereocenters. The van der Waals surface area contributed by atoms with Gasteiger partial charge in [0.15, 0.2) is 0 Å². The first-order chi connectivity index (χ1) is 7.25. The first-order valence-corrected chi connectivity index (χ1v) is 5.75. The van der Waals surface area contributed by atoms with Crippen molar-refractivity contribution in [3.8, 4) is 0 Å². The van der Waals surface area contributed by atoms with Gasteiger partial charge in [0.05, 0.1) is 12.0 Å². The molecule has 0 aromatic rings. The van der Waals surface area contributed by atoms with Crippen LogP contribution < -0.4 is 0 Å². The zero-order chi connectivity index (χ0) is 10.8. The number of carbonyl (C=O) groups excluding carboxylic acids is 2. The molecule has 0 radical (unpaired) electrons. The summed E-state index contributed by atoms with van der Waals surface area (Å²) < 4.78 is 0. The quantitative estimate of drug-likeness (QED) is 0.486. The van der Waals surface area contributed by atoms with Crippen molar-refractivity contribution < 1.29 is 9.59 Å². The maximum absolute atomic E-state index is 11.7. The molecule has 2 atom stereocenters. The van der Waals surface area contributed by atoms with Gasteiger partial charge in [0, 0.05) is 0 Å². The maximum atomic E-state index is 11.7. The molecule has 3 heteroatoms. The Balaban J connectivity index is 2.07. The van der Waals surface area contributed by atoms with Gasteiger partial charge < -0.3 is 0 Å². The SMILES string of the molecule is C=CC(=O)N1C(=O)C2CCCCCCC21. The van der Waals surface area contributed by atoms with E-state index in [0.29, 0.717) is 0 Å². The van der Waals surface area contributed by atoms with Crippen molar-refractivity contribution >= 4 is 11.8 Å². The highest BCUT2D eigenvalue weighted by Crippen LogP contribution is 2.36. The lowest BCUT2D eigenvalue weighted by Crippen LogP contribution is -2.62. The summed E-state index contributed by atoms with van der Waals surface area (Å²) in [6.45, 7) is 3.43. The predicted molar refractivity (Wildman–Crippen MR) is 57.0 cm³/mol. The lowest BCUT2D eigenvalue weighted by molar-refractivity contribution is -0.165. The highest BCUT2D eigenvalue weighted by atomic mass is 16.2. The minimum Gasteiger partial charge on any atom is -0.275 e. The van der Waals surface area contributed by atoms with Gasteiger partial charge in [-0.1, -0.05) is 32.3 Å². The van der Waals surface area contributed by atoms with Crippen LogP contribution in [0.1, 0.15) is 38.5 Å². The summed E-state index contributed by atoms with van der Waals surface area (Å²) in [6, 6.07) is 0.170. The van der Waals surface area contributed by atoms with Crippen LogP contribution in [0.2, 0.25) is 0 Å². The number of hydrogen-bond acceptors (Lipinski definition) is 2. The fourth-order valence-electron chi connectivity index (χ4n) is 2.69. The molecule has 0 aromatic heterocycles. The van der Waals surface area contributed by atoms with Gasteiger partial charge in [-0.15, -0.1) is 0 Å². The van der Waals surface area contributed by atoms with Gasteiger partial charge >= 0.3 is 0 Å². The van der Waals surface area contributed by atoms with Crippen LogP contribution in [0, 0.1) is 5.92 Å². The summed E-state index contributed by atoms with van der Waals surface area (Å²) in [5.74, 6) is -0.0807. The lowest BCUT2D eigenvalue weighted by Gasteiger charge is -2.46. The first kappa shape index (κ1) is 10.4. The van der Waals surface area contributed by atoms with Crippen molar-refractivity contribution in [3.63, 3.8) is 0 Å². The summed E-state index contributed by atoms with van der Waals surface area (Å²) in [5, 5.41) is 0. The third-order valence-corrected chi connectivity index (χ3v) is 3.53. The summed E-state index contributed by atoms with van der Waals surface area (Å²) in [4.78, 5) is 24.6. The van der Waals surface area contributed by atoms with Crippen molar-refractivity contribution in [3.05, 3.63) is 12.7 Å². The van der Waals surface area contributed by atoms with Crippen LogP contribution in [0.4, 0.5) is 0 Å². The van der Waals surface area contributed by atoms with E-state index in [1.807, 2.05) is 0 Å². The Morgan fingerprint density at radius 2 is 1.93 bits per heavy atom. The van der Waals surface area contributed by atoms with Gasteiger partial charge in [-0.05, 0) is 18.9 Å². The predicted octanol–water partition coefficient (Wildman–Crippen LogP) is 1.88. The van der Waals surface area contributed by atoms with Gasteiger partial charge in [-0.2, -0.15) is 0 Å². The second kappa shape index (κ2) is 4.17. The number of amides is 2. The van der Waals surface area contributed by atoms with Crippen LogP contribution in [-0.2, 0) is 9.59 Å². The monoisotopic (exact) mass is 207 g/mol. The smallest absolute Gasteiger partial charge is 0.252 e. The molecule has 0 N–H and O–H groups in total. The number of likely N-dealkylation sites (tertiary alicyclic amines) is 1. The summed E-state index contributed by atoms with van der Waals surface area (Å²) in [7, 11) is 0. The molecule has 2 rings (SSSR count). The summed E-state index contributed by atoms with van der Waals surface area (Å²) in [6.07, 6.45) is 7.91. The van der Waals surface area contributed by atoms with E-state index in [2.05, 4.69) is 6.58 Å². The Labute approximate surface area is 90.1 Å². The number of rotatable bonds is 1. The average molecular weight is 207 g/mol. The van der Waals surface area contributed by atoms with Crippen molar-refractivity contribution in [2.75, 3.05) is 0 Å². The van der Waals surface area contributed by atoms with Gasteiger partial charge in [0.25, 0.3) is 5.91 Å². The maximum Gasteiger partial charge on any atom is 0.252 e. The molecule has 0 aromatic carbocycles. The van der Waals surface area contributed by atoms with E-state index >= 15 is 0 Å². The summed E-state index contributed by atoms with van der Waals surface area (Å²) >= 11 is 0. The number of β-lactam (4-membered cyclic amide) rings is 1. The minimum absolute atomic E-state index is 0.0202. The first-order valence-electron chi connectivity index (χ1n) is 5.75. The Kier molecular flexibility index (Phi) is 2.89. The van der Waals surface area contributed by atoms with Crippen molar-refractivity contribution in [1.82, 2.24) is 4.90 Å². The largest absolute Gasteiger partial charge is 0.275 e. The number of nitrogens with zero attached hydrogens (tertiary/aromatic N) is 1. The lowest BCUT2D eigenvalue weighted by atomic mass is 9.78. The van der Waals surface area contributed by atoms with Gasteiger partial charge in [-0.25, -0.2) is 0 Å². The van der Waals surface area contributed by atoms with Crippen LogP contribution in [0.3, 0.4) is 0 Å². The van der Waals surface area contributed by atoms with E-state index in [9.17, 15) is 9.59 Å². The molecule has 1 aliphatic heterocycles. The van der Waals surface area contributed by atoms with E-state index < -0.39 is 0 Å². The zero-order valence-corrected chi connectivity index (χ0v) is 8.95. The van der Waals surface area contributed by atoms with Gasteiger partial charge in [0.2, 0.25) is 5.91 Å². The Hall–Kier alpha value is -1.12. The average Bonchev–Trinajstić information content (AvgIpc) is 2.21. The van der Waals surface area contributed by atoms with Crippen LogP contribution in [-0.4, -0.2) is 22.8 Å². The van der Waals surface area contributed by atoms with Crippen molar-refractivity contribution in [1.29, 1.82) is 0 Å². The minimum atomic E-state index is -0.221. The highest BCUT2D eigenvalue weighted by molar-refractivity contribution is 6.06. The van der Waals surface area contributed by atoms with Crippen molar-refractivity contribution in [2.45, 2.75) is 44.6 Å². The molecule has 2 fully saturated rings. The highest BCUT2D eigenvalue weighted by Gasteiger charge is 2.48. The Bertz CT molecular complexity index is 298. The Morgan fingerprint density at radius 1 is 1.27 bits per heavy atom. The van der Waals surface area contributed by atoms with Gasteiger partial charge in [0.1, 0.15) is 0 Å². The molecule has 1 aliphatic carbocycles. The molecule has 1 heterocycles. The Morgan fingerprint density at radius 3 is 2.60 bits per heavy atom. The van der Waals surface area contributed by atoms with Crippen LogP contribution >= 0.6 is 0 Å². The second-order valence-electron chi connectivity index (χ2n) is 4.42. The fraction of sp³-hybridized carbons (Fsp3) is 0.667. The molecule has 2 aliphatic rings. The fourth-order valence-corrected chi connectivity index (χ4v) is 2.69. The van der Waals surface area contributed by atoms with E-state index in [4.69, 9.17) is 0 Å². The van der Waals surface area contributed by atoms with E-state index in [-0.39, 0.29) is 23.8 Å². The van der Waals surface area contributed by atoms with Gasteiger partial charge in [-0.3, -0.25) is 14.5 Å². The third-order valence-electron chi connectivity index (χ3n) is 3.53. The standard InChI is InChI=1S/C12H17NO2/c1-2-11(14)13-10-8-6-4-3-5-7-9(10)12(13)15/h2,9-10H,1,3-8H2. The van der Waals surface area contributed by atoms with Crippen LogP contribution in [0.25, 0.3) is 0 Å². The van der Waals surface area contributed by atoms with Crippen LogP contribution in [0.5, 0.6) is 0 Å². The van der Waals surface area contributed by atoms with E-state index in [1.165, 1.54) is 23.8 Å².